The van der Waals surface area contributed by atoms with Gasteiger partial charge in [-0.3, -0.25) is 9.59 Å². The summed E-state index contributed by atoms with van der Waals surface area (Å²) in [6.45, 7) is 2.48. The van der Waals surface area contributed by atoms with Crippen LogP contribution in [-0.2, 0) is 4.79 Å². The molecular weight excluding hydrogens is 374 g/mol. The van der Waals surface area contributed by atoms with Crippen molar-refractivity contribution in [3.63, 3.8) is 0 Å². The van der Waals surface area contributed by atoms with Crippen LogP contribution in [0, 0.1) is 6.92 Å². The zero-order valence-corrected chi connectivity index (χ0v) is 16.6. The van der Waals surface area contributed by atoms with E-state index in [4.69, 9.17) is 4.74 Å². The number of benzene rings is 1. The van der Waals surface area contributed by atoms with E-state index in [0.29, 0.717) is 24.4 Å². The molecule has 2 aliphatic heterocycles. The predicted octanol–water partition coefficient (Wildman–Crippen LogP) is 2.81. The molecule has 2 aliphatic rings. The first kappa shape index (κ1) is 18.8. The number of nitrogens with zero attached hydrogens (tertiary/aromatic N) is 2. The fourth-order valence-electron chi connectivity index (χ4n) is 3.41. The third-order valence-electron chi connectivity index (χ3n) is 4.98. The number of hydrogen-bond acceptors (Lipinski definition) is 5. The van der Waals surface area contributed by atoms with Gasteiger partial charge in [-0.25, -0.2) is 4.98 Å². The third-order valence-corrected chi connectivity index (χ3v) is 6.11. The number of nitrogens with one attached hydrogen (secondary N) is 1. The van der Waals surface area contributed by atoms with E-state index in [1.807, 2.05) is 43.0 Å². The van der Waals surface area contributed by atoms with Gasteiger partial charge in [-0.15, -0.1) is 0 Å². The maximum Gasteiger partial charge on any atom is 0.253 e. The Hall–Kier alpha value is -2.54. The zero-order chi connectivity index (χ0) is 19.5. The Morgan fingerprint density at radius 2 is 2.07 bits per heavy atom. The SMILES string of the molecule is Cc1ccc(N2CC(NC(=O)c3ccc(OC4CCSC4)nc3)CC2=O)cc1. The van der Waals surface area contributed by atoms with Gasteiger partial charge in [-0.2, -0.15) is 11.8 Å². The van der Waals surface area contributed by atoms with Crippen molar-refractivity contribution in [1.82, 2.24) is 10.3 Å². The summed E-state index contributed by atoms with van der Waals surface area (Å²) >= 11 is 1.88. The fraction of sp³-hybridized carbons (Fsp3) is 0.381. The Balaban J connectivity index is 1.34. The summed E-state index contributed by atoms with van der Waals surface area (Å²) in [4.78, 5) is 30.8. The van der Waals surface area contributed by atoms with Gasteiger partial charge in [0.25, 0.3) is 5.91 Å². The van der Waals surface area contributed by atoms with Crippen LogP contribution in [-0.4, -0.2) is 47.0 Å². The topological polar surface area (TPSA) is 71.5 Å². The standard InChI is InChI=1S/C21H23N3O3S/c1-14-2-5-17(6-3-14)24-12-16(10-20(24)25)23-21(26)15-4-7-19(22-11-15)27-18-8-9-28-13-18/h2-7,11,16,18H,8-10,12-13H2,1H3,(H,23,26). The van der Waals surface area contributed by atoms with Gasteiger partial charge >= 0.3 is 0 Å². The van der Waals surface area contributed by atoms with Crippen LogP contribution in [0.3, 0.4) is 0 Å². The van der Waals surface area contributed by atoms with Crippen LogP contribution in [0.4, 0.5) is 5.69 Å². The van der Waals surface area contributed by atoms with Crippen molar-refractivity contribution >= 4 is 29.3 Å². The Labute approximate surface area is 168 Å². The molecule has 7 heteroatoms. The average Bonchev–Trinajstić information content (AvgIpc) is 3.32. The minimum atomic E-state index is -0.223. The number of pyridine rings is 1. The highest BCUT2D eigenvalue weighted by atomic mass is 32.2. The highest BCUT2D eigenvalue weighted by molar-refractivity contribution is 7.99. The first-order valence-corrected chi connectivity index (χ1v) is 10.6. The summed E-state index contributed by atoms with van der Waals surface area (Å²) < 4.78 is 5.81. The van der Waals surface area contributed by atoms with Crippen molar-refractivity contribution < 1.29 is 14.3 Å². The molecule has 28 heavy (non-hydrogen) atoms. The molecule has 2 unspecified atom stereocenters. The summed E-state index contributed by atoms with van der Waals surface area (Å²) in [5.41, 5.74) is 2.47. The maximum atomic E-state index is 12.5. The molecule has 3 heterocycles. The molecule has 1 N–H and O–H groups in total. The van der Waals surface area contributed by atoms with Gasteiger partial charge in [-0.1, -0.05) is 17.7 Å². The molecule has 0 bridgehead atoms. The van der Waals surface area contributed by atoms with Gasteiger partial charge < -0.3 is 15.0 Å². The first-order chi connectivity index (χ1) is 13.6. The summed E-state index contributed by atoms with van der Waals surface area (Å²) in [5.74, 6) is 2.44. The van der Waals surface area contributed by atoms with Crippen molar-refractivity contribution in [1.29, 1.82) is 0 Å². The molecule has 0 saturated carbocycles. The summed E-state index contributed by atoms with van der Waals surface area (Å²) in [6, 6.07) is 11.1. The summed E-state index contributed by atoms with van der Waals surface area (Å²) in [5, 5.41) is 2.94. The van der Waals surface area contributed by atoms with Crippen LogP contribution in [0.5, 0.6) is 5.88 Å². The number of ether oxygens (including phenoxy) is 1. The van der Waals surface area contributed by atoms with Crippen LogP contribution in [0.15, 0.2) is 42.6 Å². The Morgan fingerprint density at radius 1 is 1.25 bits per heavy atom. The van der Waals surface area contributed by atoms with Crippen LogP contribution < -0.4 is 15.0 Å². The summed E-state index contributed by atoms with van der Waals surface area (Å²) in [7, 11) is 0. The number of rotatable bonds is 5. The number of thioether (sulfide) groups is 1. The largest absolute Gasteiger partial charge is 0.473 e. The molecule has 0 spiro atoms. The molecule has 1 aromatic carbocycles. The maximum absolute atomic E-state index is 12.5. The second-order valence-corrected chi connectivity index (χ2v) is 8.35. The molecule has 0 radical (unpaired) electrons. The predicted molar refractivity (Wildman–Crippen MR) is 110 cm³/mol. The van der Waals surface area contributed by atoms with E-state index in [2.05, 4.69) is 10.3 Å². The molecule has 4 rings (SSSR count). The van der Waals surface area contributed by atoms with E-state index >= 15 is 0 Å². The molecule has 2 saturated heterocycles. The van der Waals surface area contributed by atoms with Gasteiger partial charge in [-0.05, 0) is 37.3 Å². The molecule has 6 nitrogen and oxygen atoms in total. The second kappa shape index (κ2) is 8.22. The van der Waals surface area contributed by atoms with Gasteiger partial charge in [0.05, 0.1) is 11.6 Å². The quantitative estimate of drug-likeness (QED) is 0.840. The molecular formula is C21H23N3O3S. The molecule has 2 atom stereocenters. The molecule has 2 fully saturated rings. The Morgan fingerprint density at radius 3 is 2.75 bits per heavy atom. The van der Waals surface area contributed by atoms with E-state index in [-0.39, 0.29) is 24.0 Å². The average molecular weight is 398 g/mol. The number of hydrogen-bond donors (Lipinski definition) is 1. The zero-order valence-electron chi connectivity index (χ0n) is 15.8. The number of carbonyl (C=O) groups excluding carboxylic acids is 2. The highest BCUT2D eigenvalue weighted by Crippen LogP contribution is 2.23. The van der Waals surface area contributed by atoms with E-state index in [1.54, 1.807) is 17.0 Å². The first-order valence-electron chi connectivity index (χ1n) is 9.47. The smallest absolute Gasteiger partial charge is 0.253 e. The van der Waals surface area contributed by atoms with Crippen molar-refractivity contribution in [2.24, 2.45) is 0 Å². The number of aromatic nitrogens is 1. The lowest BCUT2D eigenvalue weighted by Crippen LogP contribution is -2.37. The third kappa shape index (κ3) is 4.30. The molecule has 2 amide bonds. The fourth-order valence-corrected chi connectivity index (χ4v) is 4.50. The lowest BCUT2D eigenvalue weighted by atomic mass is 10.2. The van der Waals surface area contributed by atoms with Crippen molar-refractivity contribution in [3.8, 4) is 5.88 Å². The van der Waals surface area contributed by atoms with E-state index < -0.39 is 0 Å². The van der Waals surface area contributed by atoms with Crippen molar-refractivity contribution in [2.75, 3.05) is 23.0 Å². The van der Waals surface area contributed by atoms with Gasteiger partial charge in [0.2, 0.25) is 11.8 Å². The Bertz CT molecular complexity index is 848. The van der Waals surface area contributed by atoms with Crippen LogP contribution in [0.25, 0.3) is 0 Å². The van der Waals surface area contributed by atoms with Crippen molar-refractivity contribution in [2.45, 2.75) is 31.9 Å². The molecule has 146 valence electrons. The van der Waals surface area contributed by atoms with E-state index in [0.717, 1.165) is 29.2 Å². The van der Waals surface area contributed by atoms with Gasteiger partial charge in [0, 0.05) is 36.7 Å². The Kier molecular flexibility index (Phi) is 5.52. The minimum Gasteiger partial charge on any atom is -0.473 e. The normalized spacial score (nSPS) is 21.8. The lowest BCUT2D eigenvalue weighted by Gasteiger charge is -2.17. The van der Waals surface area contributed by atoms with Crippen LogP contribution >= 0.6 is 11.8 Å². The number of carbonyl (C=O) groups is 2. The number of anilines is 1. The highest BCUT2D eigenvalue weighted by Gasteiger charge is 2.31. The van der Waals surface area contributed by atoms with Gasteiger partial charge in [0.1, 0.15) is 6.10 Å². The minimum absolute atomic E-state index is 0.0189. The molecule has 0 aliphatic carbocycles. The van der Waals surface area contributed by atoms with Gasteiger partial charge in [0.15, 0.2) is 0 Å². The van der Waals surface area contributed by atoms with Crippen LogP contribution in [0.1, 0.15) is 28.8 Å². The van der Waals surface area contributed by atoms with E-state index in [9.17, 15) is 9.59 Å². The second-order valence-electron chi connectivity index (χ2n) is 7.20. The summed E-state index contributed by atoms with van der Waals surface area (Å²) in [6.07, 6.45) is 3.06. The van der Waals surface area contributed by atoms with Crippen molar-refractivity contribution in [3.05, 3.63) is 53.7 Å². The van der Waals surface area contributed by atoms with E-state index in [1.165, 1.54) is 6.20 Å². The molecule has 2 aromatic rings. The van der Waals surface area contributed by atoms with Crippen LogP contribution in [0.2, 0.25) is 0 Å². The number of amides is 2. The number of aryl methyl sites for hydroxylation is 1. The lowest BCUT2D eigenvalue weighted by molar-refractivity contribution is -0.117. The monoisotopic (exact) mass is 397 g/mol. The molecule has 1 aromatic heterocycles.